The molecular formula is C13H18N4S2. The number of aromatic nitrogens is 3. The van der Waals surface area contributed by atoms with Crippen molar-refractivity contribution in [3.63, 3.8) is 0 Å². The highest BCUT2D eigenvalue weighted by molar-refractivity contribution is 7.71. The Balaban J connectivity index is 1.67. The molecule has 0 unspecified atom stereocenters. The van der Waals surface area contributed by atoms with E-state index in [4.69, 9.17) is 12.2 Å². The van der Waals surface area contributed by atoms with E-state index >= 15 is 0 Å². The molecule has 19 heavy (non-hydrogen) atoms. The van der Waals surface area contributed by atoms with E-state index in [1.807, 2.05) is 6.07 Å². The van der Waals surface area contributed by atoms with Gasteiger partial charge in [-0.3, -0.25) is 9.67 Å². The molecule has 0 aliphatic carbocycles. The van der Waals surface area contributed by atoms with Crippen molar-refractivity contribution in [1.29, 1.82) is 0 Å². The monoisotopic (exact) mass is 294 g/mol. The minimum Gasteiger partial charge on any atom is -0.303 e. The van der Waals surface area contributed by atoms with E-state index in [9.17, 15) is 0 Å². The van der Waals surface area contributed by atoms with Gasteiger partial charge in [-0.05, 0) is 62.6 Å². The third-order valence-corrected chi connectivity index (χ3v) is 4.73. The summed E-state index contributed by atoms with van der Waals surface area (Å²) in [5.41, 5.74) is 0. The van der Waals surface area contributed by atoms with Gasteiger partial charge in [0, 0.05) is 6.54 Å². The van der Waals surface area contributed by atoms with Gasteiger partial charge in [0.05, 0.1) is 4.88 Å². The molecule has 1 saturated heterocycles. The molecule has 3 rings (SSSR count). The van der Waals surface area contributed by atoms with Gasteiger partial charge in [0.25, 0.3) is 0 Å². The van der Waals surface area contributed by atoms with E-state index in [0.717, 1.165) is 30.1 Å². The molecule has 1 aliphatic rings. The molecule has 4 nitrogen and oxygen atoms in total. The van der Waals surface area contributed by atoms with Crippen molar-refractivity contribution in [1.82, 2.24) is 19.7 Å². The summed E-state index contributed by atoms with van der Waals surface area (Å²) in [6.45, 7) is 4.62. The smallest absolute Gasteiger partial charge is 0.195 e. The average molecular weight is 294 g/mol. The van der Waals surface area contributed by atoms with Gasteiger partial charge in [-0.25, -0.2) is 0 Å². The number of likely N-dealkylation sites (tertiary alicyclic amines) is 1. The van der Waals surface area contributed by atoms with Gasteiger partial charge < -0.3 is 4.90 Å². The molecule has 1 fully saturated rings. The summed E-state index contributed by atoms with van der Waals surface area (Å²) in [5, 5.41) is 9.34. The topological polar surface area (TPSA) is 36.9 Å². The lowest BCUT2D eigenvalue weighted by Gasteiger charge is -2.14. The second-order valence-electron chi connectivity index (χ2n) is 4.88. The summed E-state index contributed by atoms with van der Waals surface area (Å²) in [4.78, 5) is 3.71. The van der Waals surface area contributed by atoms with Crippen molar-refractivity contribution in [3.05, 3.63) is 22.3 Å². The predicted octanol–water partition coefficient (Wildman–Crippen LogP) is 3.16. The second-order valence-corrected chi connectivity index (χ2v) is 6.22. The van der Waals surface area contributed by atoms with Crippen LogP contribution in [0.3, 0.4) is 0 Å². The number of thiophene rings is 1. The molecule has 1 aliphatic heterocycles. The molecule has 0 spiro atoms. The van der Waals surface area contributed by atoms with E-state index in [1.165, 1.54) is 30.8 Å². The molecule has 1 N–H and O–H groups in total. The van der Waals surface area contributed by atoms with Crippen molar-refractivity contribution < 1.29 is 0 Å². The van der Waals surface area contributed by atoms with Gasteiger partial charge in [0.15, 0.2) is 10.6 Å². The summed E-state index contributed by atoms with van der Waals surface area (Å²) < 4.78 is 2.85. The standard InChI is InChI=1S/C13H18N4S2/c18-13-15-14-12(11-5-3-10-19-11)17(13)9-4-8-16-6-1-2-7-16/h3,5,10H,1-2,4,6-9H2,(H,15,18). The number of aromatic amines is 1. The zero-order valence-electron chi connectivity index (χ0n) is 10.8. The van der Waals surface area contributed by atoms with Gasteiger partial charge in [-0.2, -0.15) is 5.10 Å². The molecule has 2 aromatic heterocycles. The van der Waals surface area contributed by atoms with Gasteiger partial charge in [-0.1, -0.05) is 6.07 Å². The van der Waals surface area contributed by atoms with E-state index in [-0.39, 0.29) is 0 Å². The Hall–Kier alpha value is -0.980. The number of hydrogen-bond acceptors (Lipinski definition) is 4. The van der Waals surface area contributed by atoms with E-state index in [2.05, 4.69) is 31.1 Å². The van der Waals surface area contributed by atoms with Crippen molar-refractivity contribution in [3.8, 4) is 10.7 Å². The molecule has 3 heterocycles. The maximum atomic E-state index is 5.33. The van der Waals surface area contributed by atoms with Crippen LogP contribution in [-0.4, -0.2) is 39.3 Å². The Morgan fingerprint density at radius 3 is 2.89 bits per heavy atom. The van der Waals surface area contributed by atoms with Crippen LogP contribution in [0.2, 0.25) is 0 Å². The highest BCUT2D eigenvalue weighted by Crippen LogP contribution is 2.23. The zero-order chi connectivity index (χ0) is 13.1. The fourth-order valence-corrected chi connectivity index (χ4v) is 3.52. The Morgan fingerprint density at radius 1 is 1.32 bits per heavy atom. The third kappa shape index (κ3) is 2.96. The van der Waals surface area contributed by atoms with Crippen LogP contribution in [0.4, 0.5) is 0 Å². The molecule has 0 aromatic carbocycles. The van der Waals surface area contributed by atoms with Crippen LogP contribution in [0.5, 0.6) is 0 Å². The molecule has 0 atom stereocenters. The van der Waals surface area contributed by atoms with E-state index in [0.29, 0.717) is 0 Å². The van der Waals surface area contributed by atoms with Gasteiger partial charge in [0.1, 0.15) is 0 Å². The lowest BCUT2D eigenvalue weighted by atomic mass is 10.3. The first kappa shape index (κ1) is 13.0. The Labute approximate surface area is 122 Å². The molecule has 102 valence electrons. The van der Waals surface area contributed by atoms with Crippen molar-refractivity contribution in [2.75, 3.05) is 19.6 Å². The minimum absolute atomic E-state index is 0.727. The quantitative estimate of drug-likeness (QED) is 0.861. The van der Waals surface area contributed by atoms with Crippen LogP contribution >= 0.6 is 23.6 Å². The summed E-state index contributed by atoms with van der Waals surface area (Å²) in [6, 6.07) is 4.14. The number of H-pyrrole nitrogens is 1. The first-order valence-corrected chi connectivity index (χ1v) is 8.05. The number of nitrogens with zero attached hydrogens (tertiary/aromatic N) is 3. The van der Waals surface area contributed by atoms with Crippen LogP contribution in [0, 0.1) is 4.77 Å². The zero-order valence-corrected chi connectivity index (χ0v) is 12.5. The van der Waals surface area contributed by atoms with Gasteiger partial charge in [-0.15, -0.1) is 11.3 Å². The Morgan fingerprint density at radius 2 is 2.16 bits per heavy atom. The lowest BCUT2D eigenvalue weighted by molar-refractivity contribution is 0.325. The van der Waals surface area contributed by atoms with Crippen LogP contribution in [0.15, 0.2) is 17.5 Å². The Kier molecular flexibility index (Phi) is 4.10. The third-order valence-electron chi connectivity index (χ3n) is 3.55. The molecular weight excluding hydrogens is 276 g/mol. The highest BCUT2D eigenvalue weighted by Gasteiger charge is 2.12. The fraction of sp³-hybridized carbons (Fsp3) is 0.538. The minimum atomic E-state index is 0.727. The van der Waals surface area contributed by atoms with Crippen LogP contribution in [0.1, 0.15) is 19.3 Å². The highest BCUT2D eigenvalue weighted by atomic mass is 32.1. The van der Waals surface area contributed by atoms with Crippen molar-refractivity contribution in [2.24, 2.45) is 0 Å². The normalized spacial score (nSPS) is 16.2. The lowest BCUT2D eigenvalue weighted by Crippen LogP contribution is -2.21. The second kappa shape index (κ2) is 5.98. The van der Waals surface area contributed by atoms with Crippen molar-refractivity contribution in [2.45, 2.75) is 25.8 Å². The van der Waals surface area contributed by atoms with Gasteiger partial charge >= 0.3 is 0 Å². The molecule has 0 amide bonds. The molecule has 0 radical (unpaired) electrons. The number of rotatable bonds is 5. The average Bonchev–Trinajstić information content (AvgIpc) is 3.12. The summed E-state index contributed by atoms with van der Waals surface area (Å²) in [6.07, 6.45) is 3.84. The molecule has 0 bridgehead atoms. The van der Waals surface area contributed by atoms with Crippen molar-refractivity contribution >= 4 is 23.6 Å². The molecule has 0 saturated carbocycles. The number of hydrogen-bond donors (Lipinski definition) is 1. The summed E-state index contributed by atoms with van der Waals surface area (Å²) in [5.74, 6) is 0.974. The number of nitrogens with one attached hydrogen (secondary N) is 1. The largest absolute Gasteiger partial charge is 0.303 e. The van der Waals surface area contributed by atoms with Gasteiger partial charge in [0.2, 0.25) is 0 Å². The van der Waals surface area contributed by atoms with E-state index < -0.39 is 0 Å². The van der Waals surface area contributed by atoms with Crippen LogP contribution in [0.25, 0.3) is 10.7 Å². The molecule has 6 heteroatoms. The fourth-order valence-electron chi connectivity index (χ4n) is 2.58. The predicted molar refractivity (Wildman–Crippen MR) is 81.0 cm³/mol. The van der Waals surface area contributed by atoms with Crippen LogP contribution in [-0.2, 0) is 6.54 Å². The molecule has 2 aromatic rings. The SMILES string of the molecule is S=c1[nH]nc(-c2cccs2)n1CCCN1CCCC1. The van der Waals surface area contributed by atoms with E-state index in [1.54, 1.807) is 11.3 Å². The Bertz CT molecular complexity index is 564. The summed E-state index contributed by atoms with van der Waals surface area (Å²) >= 11 is 7.03. The first-order chi connectivity index (χ1) is 9.34. The first-order valence-electron chi connectivity index (χ1n) is 6.76. The maximum absolute atomic E-state index is 5.33. The summed E-state index contributed by atoms with van der Waals surface area (Å²) in [7, 11) is 0. The maximum Gasteiger partial charge on any atom is 0.195 e. The van der Waals surface area contributed by atoms with Crippen LogP contribution < -0.4 is 0 Å².